The average Bonchev–Trinajstić information content (AvgIpc) is 2.75. The molecule has 2 aromatic rings. The van der Waals surface area contributed by atoms with E-state index in [0.717, 1.165) is 29.8 Å². The Morgan fingerprint density at radius 3 is 2.72 bits per heavy atom. The molecule has 96 valence electrons. The van der Waals surface area contributed by atoms with Crippen molar-refractivity contribution in [2.24, 2.45) is 11.1 Å². The van der Waals surface area contributed by atoms with Crippen LogP contribution in [0.25, 0.3) is 11.0 Å². The Morgan fingerprint density at radius 1 is 1.22 bits per heavy atom. The fourth-order valence-corrected chi connectivity index (χ4v) is 3.12. The van der Waals surface area contributed by atoms with Crippen molar-refractivity contribution in [1.29, 1.82) is 0 Å². The molecule has 0 spiro atoms. The number of aryl methyl sites for hydroxylation is 1. The van der Waals surface area contributed by atoms with Crippen molar-refractivity contribution < 1.29 is 0 Å². The standard InChI is InChI=1S/C15H21N3/c16-11-10-15(7-3-8-15)9-6-14-17-12-4-1-2-5-13(12)18-14/h1-2,4-5H,3,6-11,16H2,(H,17,18). The number of para-hydroxylation sites is 2. The van der Waals surface area contributed by atoms with Crippen LogP contribution in [-0.2, 0) is 6.42 Å². The number of hydrogen-bond acceptors (Lipinski definition) is 2. The molecule has 0 atom stereocenters. The van der Waals surface area contributed by atoms with Crippen LogP contribution in [0.15, 0.2) is 24.3 Å². The number of imidazole rings is 1. The summed E-state index contributed by atoms with van der Waals surface area (Å²) in [5.74, 6) is 1.12. The van der Waals surface area contributed by atoms with Gasteiger partial charge in [-0.05, 0) is 49.8 Å². The molecule has 0 aliphatic heterocycles. The first kappa shape index (κ1) is 11.7. The minimum absolute atomic E-state index is 0.522. The van der Waals surface area contributed by atoms with Gasteiger partial charge in [0.15, 0.2) is 0 Å². The number of fused-ring (bicyclic) bond motifs is 1. The second kappa shape index (κ2) is 4.73. The van der Waals surface area contributed by atoms with Crippen LogP contribution < -0.4 is 5.73 Å². The Hall–Kier alpha value is -1.35. The summed E-state index contributed by atoms with van der Waals surface area (Å²) in [4.78, 5) is 8.06. The van der Waals surface area contributed by atoms with Crippen molar-refractivity contribution >= 4 is 11.0 Å². The second-order valence-electron chi connectivity index (χ2n) is 5.59. The molecule has 0 radical (unpaired) electrons. The first-order valence-corrected chi connectivity index (χ1v) is 6.95. The largest absolute Gasteiger partial charge is 0.342 e. The van der Waals surface area contributed by atoms with Crippen molar-refractivity contribution in [2.75, 3.05) is 6.54 Å². The summed E-state index contributed by atoms with van der Waals surface area (Å²) in [6.07, 6.45) is 7.53. The van der Waals surface area contributed by atoms with E-state index >= 15 is 0 Å². The smallest absolute Gasteiger partial charge is 0.107 e. The van der Waals surface area contributed by atoms with Gasteiger partial charge in [0, 0.05) is 6.42 Å². The second-order valence-corrected chi connectivity index (χ2v) is 5.59. The number of rotatable bonds is 5. The topological polar surface area (TPSA) is 54.7 Å². The van der Waals surface area contributed by atoms with Crippen LogP contribution in [-0.4, -0.2) is 16.5 Å². The SMILES string of the molecule is NCCC1(CCc2nc3ccccc3[nH]2)CCC1. The number of aromatic nitrogens is 2. The molecule has 18 heavy (non-hydrogen) atoms. The van der Waals surface area contributed by atoms with Crippen molar-refractivity contribution in [2.45, 2.75) is 38.5 Å². The van der Waals surface area contributed by atoms with Crippen molar-refractivity contribution in [3.05, 3.63) is 30.1 Å². The molecule has 3 N–H and O–H groups in total. The number of benzene rings is 1. The quantitative estimate of drug-likeness (QED) is 0.848. The summed E-state index contributed by atoms with van der Waals surface area (Å²) in [6, 6.07) is 8.24. The van der Waals surface area contributed by atoms with Crippen LogP contribution in [0.4, 0.5) is 0 Å². The molecule has 1 fully saturated rings. The lowest BCUT2D eigenvalue weighted by atomic mass is 9.64. The van der Waals surface area contributed by atoms with Crippen molar-refractivity contribution in [1.82, 2.24) is 9.97 Å². The molecule has 3 nitrogen and oxygen atoms in total. The Bertz CT molecular complexity index is 492. The molecule has 1 saturated carbocycles. The van der Waals surface area contributed by atoms with Gasteiger partial charge in [0.1, 0.15) is 5.82 Å². The normalized spacial score (nSPS) is 17.8. The van der Waals surface area contributed by atoms with Gasteiger partial charge in [0.25, 0.3) is 0 Å². The van der Waals surface area contributed by atoms with Gasteiger partial charge in [-0.1, -0.05) is 18.6 Å². The summed E-state index contributed by atoms with van der Waals surface area (Å²) in [5, 5.41) is 0. The molecule has 0 amide bonds. The predicted molar refractivity (Wildman–Crippen MR) is 74.4 cm³/mol. The lowest BCUT2D eigenvalue weighted by molar-refractivity contribution is 0.109. The number of H-pyrrole nitrogens is 1. The maximum atomic E-state index is 5.73. The number of hydrogen-bond donors (Lipinski definition) is 2. The number of aromatic amines is 1. The highest BCUT2D eigenvalue weighted by Crippen LogP contribution is 2.47. The van der Waals surface area contributed by atoms with Gasteiger partial charge in [0.2, 0.25) is 0 Å². The van der Waals surface area contributed by atoms with Gasteiger partial charge in [-0.15, -0.1) is 0 Å². The van der Waals surface area contributed by atoms with E-state index < -0.39 is 0 Å². The Balaban J connectivity index is 1.69. The lowest BCUT2D eigenvalue weighted by Gasteiger charge is -2.42. The number of nitrogens with one attached hydrogen (secondary N) is 1. The monoisotopic (exact) mass is 243 g/mol. The first-order valence-electron chi connectivity index (χ1n) is 6.95. The molecule has 0 bridgehead atoms. The van der Waals surface area contributed by atoms with Crippen LogP contribution in [0.5, 0.6) is 0 Å². The fourth-order valence-electron chi connectivity index (χ4n) is 3.12. The molecule has 1 heterocycles. The highest BCUT2D eigenvalue weighted by atomic mass is 14.9. The van der Waals surface area contributed by atoms with Crippen LogP contribution in [0.1, 0.15) is 37.9 Å². The lowest BCUT2D eigenvalue weighted by Crippen LogP contribution is -2.32. The summed E-state index contributed by atoms with van der Waals surface area (Å²) in [7, 11) is 0. The summed E-state index contributed by atoms with van der Waals surface area (Å²) in [6.45, 7) is 0.820. The predicted octanol–water partition coefficient (Wildman–Crippen LogP) is 3.01. The molecular weight excluding hydrogens is 222 g/mol. The van der Waals surface area contributed by atoms with Crippen molar-refractivity contribution in [3.63, 3.8) is 0 Å². The third-order valence-electron chi connectivity index (χ3n) is 4.42. The zero-order valence-corrected chi connectivity index (χ0v) is 10.8. The number of nitrogens with zero attached hydrogens (tertiary/aromatic N) is 1. The van der Waals surface area contributed by atoms with Crippen LogP contribution in [0.3, 0.4) is 0 Å². The van der Waals surface area contributed by atoms with Gasteiger partial charge in [-0.25, -0.2) is 4.98 Å². The third-order valence-corrected chi connectivity index (χ3v) is 4.42. The molecule has 0 saturated heterocycles. The maximum Gasteiger partial charge on any atom is 0.107 e. The highest BCUT2D eigenvalue weighted by molar-refractivity contribution is 5.74. The van der Waals surface area contributed by atoms with Gasteiger partial charge in [0.05, 0.1) is 11.0 Å². The minimum atomic E-state index is 0.522. The Morgan fingerprint density at radius 2 is 2.06 bits per heavy atom. The summed E-state index contributed by atoms with van der Waals surface area (Å²) < 4.78 is 0. The molecule has 1 aliphatic rings. The molecule has 1 aromatic heterocycles. The van der Waals surface area contributed by atoms with E-state index in [9.17, 15) is 0 Å². The van der Waals surface area contributed by atoms with Gasteiger partial charge in [-0.2, -0.15) is 0 Å². The zero-order valence-electron chi connectivity index (χ0n) is 10.8. The highest BCUT2D eigenvalue weighted by Gasteiger charge is 2.35. The molecule has 0 unspecified atom stereocenters. The van der Waals surface area contributed by atoms with Crippen LogP contribution in [0.2, 0.25) is 0 Å². The summed E-state index contributed by atoms with van der Waals surface area (Å²) in [5.41, 5.74) is 8.48. The van der Waals surface area contributed by atoms with E-state index in [-0.39, 0.29) is 0 Å². The maximum absolute atomic E-state index is 5.73. The Labute approximate surface area is 108 Å². The minimum Gasteiger partial charge on any atom is -0.342 e. The van der Waals surface area contributed by atoms with E-state index in [1.54, 1.807) is 0 Å². The van der Waals surface area contributed by atoms with Gasteiger partial charge >= 0.3 is 0 Å². The summed E-state index contributed by atoms with van der Waals surface area (Å²) >= 11 is 0. The van der Waals surface area contributed by atoms with Crippen LogP contribution >= 0.6 is 0 Å². The zero-order chi connectivity index (χ0) is 12.4. The molecule has 3 heteroatoms. The van der Waals surface area contributed by atoms with Crippen molar-refractivity contribution in [3.8, 4) is 0 Å². The van der Waals surface area contributed by atoms with Gasteiger partial charge in [-0.3, -0.25) is 0 Å². The molecule has 3 rings (SSSR count). The van der Waals surface area contributed by atoms with Crippen LogP contribution in [0, 0.1) is 5.41 Å². The average molecular weight is 243 g/mol. The van der Waals surface area contributed by atoms with E-state index in [2.05, 4.69) is 22.1 Å². The van der Waals surface area contributed by atoms with E-state index in [0.29, 0.717) is 5.41 Å². The Kier molecular flexibility index (Phi) is 3.08. The molecule has 1 aliphatic carbocycles. The number of nitrogens with two attached hydrogens (primary N) is 1. The fraction of sp³-hybridized carbons (Fsp3) is 0.533. The van der Waals surface area contributed by atoms with Gasteiger partial charge < -0.3 is 10.7 Å². The van der Waals surface area contributed by atoms with E-state index in [4.69, 9.17) is 5.73 Å². The van der Waals surface area contributed by atoms with E-state index in [1.807, 2.05) is 12.1 Å². The molecular formula is C15H21N3. The third kappa shape index (κ3) is 2.15. The molecule has 1 aromatic carbocycles. The first-order chi connectivity index (χ1) is 8.81. The van der Waals surface area contributed by atoms with E-state index in [1.165, 1.54) is 32.1 Å².